The van der Waals surface area contributed by atoms with Crippen LogP contribution in [-0.4, -0.2) is 22.2 Å². The average Bonchev–Trinajstić information content (AvgIpc) is 2.61. The summed E-state index contributed by atoms with van der Waals surface area (Å²) in [5.41, 5.74) is 2.85. The van der Waals surface area contributed by atoms with Crippen molar-refractivity contribution >= 4 is 11.6 Å². The molecule has 4 heteroatoms. The van der Waals surface area contributed by atoms with E-state index in [9.17, 15) is 4.79 Å². The number of rotatable bonds is 5. The Bertz CT molecular complexity index is 472. The van der Waals surface area contributed by atoms with Gasteiger partial charge in [-0.05, 0) is 39.7 Å². The highest BCUT2D eigenvalue weighted by atomic mass is 16.2. The van der Waals surface area contributed by atoms with Crippen LogP contribution in [-0.2, 0) is 4.79 Å². The summed E-state index contributed by atoms with van der Waals surface area (Å²) in [5, 5.41) is 4.54. The van der Waals surface area contributed by atoms with E-state index in [-0.39, 0.29) is 11.9 Å². The molecule has 1 rings (SSSR count). The fraction of sp³-hybridized carbons (Fsp3) is 0.600. The summed E-state index contributed by atoms with van der Waals surface area (Å²) in [7, 11) is 0. The van der Waals surface area contributed by atoms with Gasteiger partial charge in [0.15, 0.2) is 0 Å². The van der Waals surface area contributed by atoms with Crippen LogP contribution in [0.1, 0.15) is 45.1 Å². The molecule has 4 nitrogen and oxygen atoms in total. The van der Waals surface area contributed by atoms with Gasteiger partial charge in [0.1, 0.15) is 0 Å². The molecule has 1 aromatic rings. The van der Waals surface area contributed by atoms with Crippen LogP contribution in [0.25, 0.3) is 0 Å². The zero-order valence-electron chi connectivity index (χ0n) is 12.9. The highest BCUT2D eigenvalue weighted by Gasteiger charge is 2.23. The van der Waals surface area contributed by atoms with Crippen molar-refractivity contribution in [1.82, 2.24) is 9.78 Å². The monoisotopic (exact) mass is 263 g/mol. The molecule has 19 heavy (non-hydrogen) atoms. The Labute approximate surface area is 116 Å². The van der Waals surface area contributed by atoms with Crippen LogP contribution >= 0.6 is 0 Å². The molecular formula is C15H25N3O. The predicted octanol–water partition coefficient (Wildman–Crippen LogP) is 3.26. The van der Waals surface area contributed by atoms with E-state index >= 15 is 0 Å². The summed E-state index contributed by atoms with van der Waals surface area (Å²) >= 11 is 0. The summed E-state index contributed by atoms with van der Waals surface area (Å²) in [6.07, 6.45) is 1.37. The summed E-state index contributed by atoms with van der Waals surface area (Å²) in [4.78, 5) is 13.9. The van der Waals surface area contributed by atoms with Gasteiger partial charge < -0.3 is 4.90 Å². The number of aromatic nitrogens is 2. The van der Waals surface area contributed by atoms with Crippen molar-refractivity contribution < 1.29 is 4.79 Å². The molecule has 0 N–H and O–H groups in total. The smallest absolute Gasteiger partial charge is 0.250 e. The van der Waals surface area contributed by atoms with Crippen molar-refractivity contribution in [2.24, 2.45) is 5.92 Å². The fourth-order valence-electron chi connectivity index (χ4n) is 2.31. The van der Waals surface area contributed by atoms with Crippen molar-refractivity contribution in [2.45, 2.75) is 47.6 Å². The third-order valence-electron chi connectivity index (χ3n) is 3.03. The maximum Gasteiger partial charge on any atom is 0.250 e. The standard InChI is InChI=1S/C15H25N3O/c1-8-14(19)17(9-10(2)3)15-12(6)16-18(11(4)5)13(15)7/h8,10-11H,1,9H2,2-7H3. The van der Waals surface area contributed by atoms with E-state index in [1.165, 1.54) is 6.08 Å². The Balaban J connectivity index is 3.30. The van der Waals surface area contributed by atoms with E-state index < -0.39 is 0 Å². The van der Waals surface area contributed by atoms with Crippen LogP contribution in [0.3, 0.4) is 0 Å². The molecule has 1 aromatic heterocycles. The lowest BCUT2D eigenvalue weighted by molar-refractivity contribution is -0.114. The van der Waals surface area contributed by atoms with Crippen LogP contribution < -0.4 is 4.90 Å². The van der Waals surface area contributed by atoms with Gasteiger partial charge in [0.25, 0.3) is 0 Å². The van der Waals surface area contributed by atoms with Crippen LogP contribution in [0.4, 0.5) is 5.69 Å². The third kappa shape index (κ3) is 3.25. The summed E-state index contributed by atoms with van der Waals surface area (Å²) in [5.74, 6) is 0.327. The molecule has 0 radical (unpaired) electrons. The van der Waals surface area contributed by atoms with Gasteiger partial charge in [-0.15, -0.1) is 0 Å². The molecule has 0 saturated heterocycles. The van der Waals surface area contributed by atoms with E-state index in [1.807, 2.05) is 18.5 Å². The zero-order valence-corrected chi connectivity index (χ0v) is 12.9. The first-order valence-electron chi connectivity index (χ1n) is 6.79. The van der Waals surface area contributed by atoms with Gasteiger partial charge in [0.2, 0.25) is 5.91 Å². The molecule has 0 bridgehead atoms. The van der Waals surface area contributed by atoms with Crippen molar-refractivity contribution in [3.8, 4) is 0 Å². The van der Waals surface area contributed by atoms with Gasteiger partial charge in [0, 0.05) is 12.6 Å². The summed E-state index contributed by atoms with van der Waals surface area (Å²) < 4.78 is 1.97. The molecule has 1 heterocycles. The maximum absolute atomic E-state index is 12.1. The highest BCUT2D eigenvalue weighted by Crippen LogP contribution is 2.27. The number of anilines is 1. The minimum Gasteiger partial charge on any atom is -0.305 e. The molecule has 0 spiro atoms. The first kappa shape index (κ1) is 15.5. The van der Waals surface area contributed by atoms with Gasteiger partial charge in [-0.1, -0.05) is 20.4 Å². The van der Waals surface area contributed by atoms with Gasteiger partial charge >= 0.3 is 0 Å². The minimum atomic E-state index is -0.0665. The van der Waals surface area contributed by atoms with Gasteiger partial charge in [0.05, 0.1) is 17.1 Å². The Morgan fingerprint density at radius 1 is 1.37 bits per heavy atom. The van der Waals surface area contributed by atoms with Gasteiger partial charge in [-0.3, -0.25) is 9.48 Å². The third-order valence-corrected chi connectivity index (χ3v) is 3.03. The SMILES string of the molecule is C=CC(=O)N(CC(C)C)c1c(C)nn(C(C)C)c1C. The number of nitrogens with zero attached hydrogens (tertiary/aromatic N) is 3. The first-order valence-corrected chi connectivity index (χ1v) is 6.79. The number of hydrogen-bond donors (Lipinski definition) is 0. The molecule has 0 aliphatic rings. The minimum absolute atomic E-state index is 0.0665. The van der Waals surface area contributed by atoms with Gasteiger partial charge in [-0.25, -0.2) is 0 Å². The van der Waals surface area contributed by atoms with Crippen LogP contribution in [0.5, 0.6) is 0 Å². The van der Waals surface area contributed by atoms with Crippen molar-refractivity contribution in [1.29, 1.82) is 0 Å². The predicted molar refractivity (Wildman–Crippen MR) is 79.5 cm³/mol. The molecule has 106 valence electrons. The lowest BCUT2D eigenvalue weighted by atomic mass is 10.1. The fourth-order valence-corrected chi connectivity index (χ4v) is 2.31. The molecule has 0 aliphatic heterocycles. The maximum atomic E-state index is 12.1. The Kier molecular flexibility index (Phi) is 4.92. The topological polar surface area (TPSA) is 38.1 Å². The Hall–Kier alpha value is -1.58. The molecule has 0 unspecified atom stereocenters. The lowest BCUT2D eigenvalue weighted by Crippen LogP contribution is -2.33. The molecule has 0 saturated carbocycles. The van der Waals surface area contributed by atoms with Crippen molar-refractivity contribution in [3.05, 3.63) is 24.0 Å². The number of carbonyl (C=O) groups excluding carboxylic acids is 1. The molecule has 0 fully saturated rings. The van der Waals surface area contributed by atoms with Crippen molar-refractivity contribution in [2.75, 3.05) is 11.4 Å². The molecule has 0 atom stereocenters. The molecule has 0 aliphatic carbocycles. The van der Waals surface area contributed by atoms with E-state index in [0.29, 0.717) is 12.5 Å². The second kappa shape index (κ2) is 6.04. The quantitative estimate of drug-likeness (QED) is 0.765. The lowest BCUT2D eigenvalue weighted by Gasteiger charge is -2.24. The van der Waals surface area contributed by atoms with Crippen LogP contribution in [0.2, 0.25) is 0 Å². The second-order valence-corrected chi connectivity index (χ2v) is 5.60. The van der Waals surface area contributed by atoms with Gasteiger partial charge in [-0.2, -0.15) is 5.10 Å². The number of carbonyl (C=O) groups is 1. The zero-order chi connectivity index (χ0) is 14.7. The van der Waals surface area contributed by atoms with E-state index in [2.05, 4.69) is 39.4 Å². The summed E-state index contributed by atoms with van der Waals surface area (Å²) in [6, 6.07) is 0.284. The number of amides is 1. The molecule has 1 amide bonds. The number of aryl methyl sites for hydroxylation is 1. The van der Waals surface area contributed by atoms with Crippen molar-refractivity contribution in [3.63, 3.8) is 0 Å². The summed E-state index contributed by atoms with van der Waals surface area (Å²) in [6.45, 7) is 16.6. The second-order valence-electron chi connectivity index (χ2n) is 5.60. The highest BCUT2D eigenvalue weighted by molar-refractivity contribution is 6.01. The normalized spacial score (nSPS) is 11.2. The Morgan fingerprint density at radius 2 is 1.95 bits per heavy atom. The van der Waals surface area contributed by atoms with Crippen LogP contribution in [0, 0.1) is 19.8 Å². The Morgan fingerprint density at radius 3 is 2.32 bits per heavy atom. The van der Waals surface area contributed by atoms with E-state index in [1.54, 1.807) is 4.90 Å². The largest absolute Gasteiger partial charge is 0.305 e. The molecular weight excluding hydrogens is 238 g/mol. The first-order chi connectivity index (χ1) is 8.79. The average molecular weight is 263 g/mol. The molecule has 0 aromatic carbocycles. The van der Waals surface area contributed by atoms with E-state index in [0.717, 1.165) is 17.1 Å². The van der Waals surface area contributed by atoms with Crippen LogP contribution in [0.15, 0.2) is 12.7 Å². The number of hydrogen-bond acceptors (Lipinski definition) is 2. The van der Waals surface area contributed by atoms with E-state index in [4.69, 9.17) is 0 Å².